The van der Waals surface area contributed by atoms with Crippen molar-refractivity contribution in [1.82, 2.24) is 0 Å². The maximum Gasteiger partial charge on any atom is 0.331 e. The van der Waals surface area contributed by atoms with Gasteiger partial charge in [0.05, 0.1) is 0 Å². The van der Waals surface area contributed by atoms with Gasteiger partial charge >= 0.3 is 11.9 Å². The number of carbonyl (C=O) groups is 3. The van der Waals surface area contributed by atoms with Crippen molar-refractivity contribution in [2.24, 2.45) is 5.92 Å². The first-order chi connectivity index (χ1) is 17.6. The fraction of sp³-hybridized carbons (Fsp3) is 0.387. The number of allylic oxidation sites excluding steroid dienone is 2. The van der Waals surface area contributed by atoms with Crippen molar-refractivity contribution < 1.29 is 29.3 Å². The molecule has 0 aromatic heterocycles. The van der Waals surface area contributed by atoms with E-state index in [1.54, 1.807) is 31.2 Å². The first-order valence-electron chi connectivity index (χ1n) is 12.9. The van der Waals surface area contributed by atoms with E-state index in [2.05, 4.69) is 0 Å². The molecule has 1 unspecified atom stereocenters. The first-order valence-corrected chi connectivity index (χ1v) is 12.9. The second kappa shape index (κ2) is 10.8. The summed E-state index contributed by atoms with van der Waals surface area (Å²) in [4.78, 5) is 37.4. The lowest BCUT2D eigenvalue weighted by atomic mass is 9.69. The van der Waals surface area contributed by atoms with Crippen LogP contribution in [0.4, 0.5) is 0 Å². The van der Waals surface area contributed by atoms with Crippen LogP contribution in [0.2, 0.25) is 0 Å². The van der Waals surface area contributed by atoms with E-state index in [1.165, 1.54) is 6.42 Å². The molecule has 2 aromatic carbocycles. The Hall–Kier alpha value is -3.67. The molecule has 0 heterocycles. The Kier molecular flexibility index (Phi) is 7.67. The van der Waals surface area contributed by atoms with Crippen molar-refractivity contribution in [2.45, 2.75) is 71.3 Å². The molecule has 0 saturated heterocycles. The van der Waals surface area contributed by atoms with Gasteiger partial charge in [0.15, 0.2) is 5.78 Å². The molecular formula is C31H34O6. The zero-order valence-electron chi connectivity index (χ0n) is 21.7. The fourth-order valence-corrected chi connectivity index (χ4v) is 5.56. The number of Topliss-reactive ketones (excluding diaryl/α,β-unsaturated/α-hetero) is 1. The third-order valence-electron chi connectivity index (χ3n) is 7.89. The van der Waals surface area contributed by atoms with E-state index in [-0.39, 0.29) is 30.3 Å². The minimum atomic E-state index is -1.51. The third-order valence-corrected chi connectivity index (χ3v) is 7.89. The van der Waals surface area contributed by atoms with Crippen molar-refractivity contribution in [3.05, 3.63) is 87.5 Å². The number of hydrogen-bond acceptors (Lipinski definition) is 4. The van der Waals surface area contributed by atoms with E-state index in [4.69, 9.17) is 4.74 Å². The van der Waals surface area contributed by atoms with E-state index < -0.39 is 17.4 Å². The SMILES string of the molecule is CC1=C(C(=O)O)CC(C(=O)O)(c2cccc(C)c2COc2ccc(C(=O)C3CCCCC3)cc2C)C=C1. The Morgan fingerprint density at radius 2 is 1.70 bits per heavy atom. The third kappa shape index (κ3) is 5.24. The summed E-state index contributed by atoms with van der Waals surface area (Å²) in [5.41, 5.74) is 2.76. The number of carboxylic acids is 2. The van der Waals surface area contributed by atoms with Crippen LogP contribution >= 0.6 is 0 Å². The number of carboxylic acid groups (broad SMARTS) is 2. The monoisotopic (exact) mass is 502 g/mol. The lowest BCUT2D eigenvalue weighted by molar-refractivity contribution is -0.142. The molecule has 0 amide bonds. The van der Waals surface area contributed by atoms with Crippen LogP contribution in [0.15, 0.2) is 59.7 Å². The van der Waals surface area contributed by atoms with Crippen molar-refractivity contribution in [1.29, 1.82) is 0 Å². The number of hydrogen-bond donors (Lipinski definition) is 2. The average Bonchev–Trinajstić information content (AvgIpc) is 2.88. The number of rotatable bonds is 8. The lowest BCUT2D eigenvalue weighted by Crippen LogP contribution is -2.38. The van der Waals surface area contributed by atoms with Crippen LogP contribution in [-0.2, 0) is 21.6 Å². The zero-order valence-corrected chi connectivity index (χ0v) is 21.7. The summed E-state index contributed by atoms with van der Waals surface area (Å²) in [7, 11) is 0. The molecule has 194 valence electrons. The second-order valence-electron chi connectivity index (χ2n) is 10.3. The topological polar surface area (TPSA) is 101 Å². The van der Waals surface area contributed by atoms with Crippen molar-refractivity contribution in [3.8, 4) is 5.75 Å². The van der Waals surface area contributed by atoms with Crippen molar-refractivity contribution in [2.75, 3.05) is 0 Å². The van der Waals surface area contributed by atoms with E-state index in [9.17, 15) is 24.6 Å². The molecule has 1 atom stereocenters. The smallest absolute Gasteiger partial charge is 0.331 e. The van der Waals surface area contributed by atoms with Crippen LogP contribution in [-0.4, -0.2) is 27.9 Å². The van der Waals surface area contributed by atoms with Crippen molar-refractivity contribution >= 4 is 17.7 Å². The molecule has 1 fully saturated rings. The predicted molar refractivity (Wildman–Crippen MR) is 141 cm³/mol. The molecule has 0 bridgehead atoms. The summed E-state index contributed by atoms with van der Waals surface area (Å²) in [6.07, 6.45) is 8.33. The zero-order chi connectivity index (χ0) is 26.7. The highest BCUT2D eigenvalue weighted by Gasteiger charge is 2.43. The predicted octanol–water partition coefficient (Wildman–Crippen LogP) is 6.33. The Labute approximate surface area is 217 Å². The Morgan fingerprint density at radius 1 is 0.973 bits per heavy atom. The summed E-state index contributed by atoms with van der Waals surface area (Å²) in [5.74, 6) is -1.31. The van der Waals surface area contributed by atoms with E-state index >= 15 is 0 Å². The standard InChI is InChI=1S/C31H34O6/c1-19-8-7-11-26(31(30(35)36)15-14-20(2)24(17-31)29(33)34)25(19)18-37-27-13-12-23(16-21(27)3)28(32)22-9-5-4-6-10-22/h7-8,11-16,22H,4-6,9-10,17-18H2,1-3H3,(H,33,34)(H,35,36). The van der Waals surface area contributed by atoms with Gasteiger partial charge in [-0.3, -0.25) is 9.59 Å². The van der Waals surface area contributed by atoms with Gasteiger partial charge in [-0.1, -0.05) is 49.6 Å². The van der Waals surface area contributed by atoms with Gasteiger partial charge in [-0.25, -0.2) is 4.79 Å². The molecule has 0 spiro atoms. The molecule has 37 heavy (non-hydrogen) atoms. The number of aliphatic carboxylic acids is 2. The average molecular weight is 503 g/mol. The normalized spacial score (nSPS) is 20.1. The summed E-state index contributed by atoms with van der Waals surface area (Å²) < 4.78 is 6.18. The number of benzene rings is 2. The molecule has 6 nitrogen and oxygen atoms in total. The summed E-state index contributed by atoms with van der Waals surface area (Å²) in [6.45, 7) is 5.59. The molecule has 2 aromatic rings. The minimum absolute atomic E-state index is 0.0901. The van der Waals surface area contributed by atoms with Crippen LogP contribution in [0.3, 0.4) is 0 Å². The molecule has 1 saturated carbocycles. The fourth-order valence-electron chi connectivity index (χ4n) is 5.56. The van der Waals surface area contributed by atoms with Crippen LogP contribution in [0.5, 0.6) is 5.75 Å². The highest BCUT2D eigenvalue weighted by molar-refractivity contribution is 5.98. The Bertz CT molecular complexity index is 1290. The van der Waals surface area contributed by atoms with Gasteiger partial charge in [-0.15, -0.1) is 0 Å². The van der Waals surface area contributed by atoms with Crippen LogP contribution in [0, 0.1) is 19.8 Å². The maximum absolute atomic E-state index is 13.0. The second-order valence-corrected chi connectivity index (χ2v) is 10.3. The number of aryl methyl sites for hydroxylation is 2. The van der Waals surface area contributed by atoms with Gasteiger partial charge in [0, 0.05) is 23.5 Å². The van der Waals surface area contributed by atoms with Gasteiger partial charge in [-0.2, -0.15) is 0 Å². The quantitative estimate of drug-likeness (QED) is 0.409. The molecular weight excluding hydrogens is 468 g/mol. The van der Waals surface area contributed by atoms with Gasteiger partial charge in [0.25, 0.3) is 0 Å². The Morgan fingerprint density at radius 3 is 2.35 bits per heavy atom. The summed E-state index contributed by atoms with van der Waals surface area (Å²) >= 11 is 0. The summed E-state index contributed by atoms with van der Waals surface area (Å²) in [5, 5.41) is 20.0. The molecule has 4 rings (SSSR count). The van der Waals surface area contributed by atoms with Gasteiger partial charge in [0.1, 0.15) is 17.8 Å². The van der Waals surface area contributed by atoms with Gasteiger partial charge < -0.3 is 14.9 Å². The highest BCUT2D eigenvalue weighted by atomic mass is 16.5. The molecule has 0 radical (unpaired) electrons. The van der Waals surface area contributed by atoms with Crippen LogP contribution in [0.25, 0.3) is 0 Å². The molecule has 0 aliphatic heterocycles. The van der Waals surface area contributed by atoms with Gasteiger partial charge in [0.2, 0.25) is 0 Å². The number of ether oxygens (including phenoxy) is 1. The van der Waals surface area contributed by atoms with Crippen LogP contribution in [0.1, 0.15) is 78.1 Å². The van der Waals surface area contributed by atoms with Crippen LogP contribution < -0.4 is 4.74 Å². The van der Waals surface area contributed by atoms with Crippen molar-refractivity contribution in [3.63, 3.8) is 0 Å². The maximum atomic E-state index is 13.0. The lowest BCUT2D eigenvalue weighted by Gasteiger charge is -2.32. The van der Waals surface area contributed by atoms with E-state index in [0.717, 1.165) is 36.8 Å². The summed E-state index contributed by atoms with van der Waals surface area (Å²) in [6, 6.07) is 10.9. The molecule has 6 heteroatoms. The highest BCUT2D eigenvalue weighted by Crippen LogP contribution is 2.41. The Balaban J connectivity index is 1.61. The molecule has 2 aliphatic carbocycles. The van der Waals surface area contributed by atoms with E-state index in [1.807, 2.05) is 38.1 Å². The number of ketones is 1. The molecule has 2 N–H and O–H groups in total. The van der Waals surface area contributed by atoms with E-state index in [0.29, 0.717) is 28.0 Å². The minimum Gasteiger partial charge on any atom is -0.489 e. The number of carbonyl (C=O) groups excluding carboxylic acids is 1. The largest absolute Gasteiger partial charge is 0.489 e. The van der Waals surface area contributed by atoms with Gasteiger partial charge in [-0.05, 0) is 79.6 Å². The molecule has 2 aliphatic rings. The first kappa shape index (κ1) is 26.4.